The standard InChI is InChI=1S/C23H14FIN2O4/c24-13-9-10-19(17(11-13)21(29)16-7-3-4-8-18(16)25)26-20(28)12-27-22(30)14-5-1-2-6-15(14)23(27)31/h1-11H,12H2,(H,26,28). The van der Waals surface area contributed by atoms with Crippen molar-refractivity contribution in [2.75, 3.05) is 11.9 Å². The van der Waals surface area contributed by atoms with E-state index in [-0.39, 0.29) is 22.4 Å². The fourth-order valence-corrected chi connectivity index (χ4v) is 3.95. The summed E-state index contributed by atoms with van der Waals surface area (Å²) in [5, 5.41) is 2.53. The van der Waals surface area contributed by atoms with Crippen LogP contribution >= 0.6 is 22.6 Å². The van der Waals surface area contributed by atoms with Gasteiger partial charge in [0.25, 0.3) is 11.8 Å². The number of carbonyl (C=O) groups is 4. The molecule has 0 atom stereocenters. The Morgan fingerprint density at radius 2 is 1.48 bits per heavy atom. The number of halogens is 2. The van der Waals surface area contributed by atoms with Crippen LogP contribution in [-0.4, -0.2) is 34.9 Å². The minimum Gasteiger partial charge on any atom is -0.324 e. The zero-order valence-corrected chi connectivity index (χ0v) is 18.1. The molecule has 0 saturated heterocycles. The summed E-state index contributed by atoms with van der Waals surface area (Å²) in [6, 6.07) is 16.6. The van der Waals surface area contributed by atoms with E-state index in [2.05, 4.69) is 5.32 Å². The summed E-state index contributed by atoms with van der Waals surface area (Å²) < 4.78 is 14.6. The van der Waals surface area contributed by atoms with E-state index in [0.717, 1.165) is 17.0 Å². The molecule has 31 heavy (non-hydrogen) atoms. The first-order valence-electron chi connectivity index (χ1n) is 9.20. The number of anilines is 1. The summed E-state index contributed by atoms with van der Waals surface area (Å²) in [6.45, 7) is -0.528. The number of nitrogens with zero attached hydrogens (tertiary/aromatic N) is 1. The summed E-state index contributed by atoms with van der Waals surface area (Å²) in [4.78, 5) is 51.3. The average Bonchev–Trinajstić information content (AvgIpc) is 3.00. The molecule has 0 saturated carbocycles. The predicted molar refractivity (Wildman–Crippen MR) is 119 cm³/mol. The van der Waals surface area contributed by atoms with Gasteiger partial charge in [0.15, 0.2) is 5.78 Å². The largest absolute Gasteiger partial charge is 0.324 e. The van der Waals surface area contributed by atoms with Crippen LogP contribution in [0.4, 0.5) is 10.1 Å². The van der Waals surface area contributed by atoms with Gasteiger partial charge in [0.1, 0.15) is 12.4 Å². The minimum atomic E-state index is -0.682. The number of benzene rings is 3. The van der Waals surface area contributed by atoms with Crippen LogP contribution in [0, 0.1) is 9.39 Å². The summed E-state index contributed by atoms with van der Waals surface area (Å²) >= 11 is 2.00. The van der Waals surface area contributed by atoms with Crippen molar-refractivity contribution >= 4 is 51.8 Å². The number of amides is 3. The van der Waals surface area contributed by atoms with Gasteiger partial charge >= 0.3 is 0 Å². The molecule has 6 nitrogen and oxygen atoms in total. The highest BCUT2D eigenvalue weighted by Crippen LogP contribution is 2.25. The van der Waals surface area contributed by atoms with Gasteiger partial charge in [-0.25, -0.2) is 4.39 Å². The Kier molecular flexibility index (Phi) is 5.64. The Morgan fingerprint density at radius 1 is 0.871 bits per heavy atom. The molecule has 1 aliphatic heterocycles. The first-order valence-corrected chi connectivity index (χ1v) is 10.3. The average molecular weight is 528 g/mol. The Bertz CT molecular complexity index is 1220. The van der Waals surface area contributed by atoms with Crippen molar-refractivity contribution in [2.45, 2.75) is 0 Å². The molecule has 1 aliphatic rings. The lowest BCUT2D eigenvalue weighted by molar-refractivity contribution is -0.116. The van der Waals surface area contributed by atoms with E-state index >= 15 is 0 Å². The minimum absolute atomic E-state index is 0.0279. The molecule has 0 radical (unpaired) electrons. The third-order valence-electron chi connectivity index (χ3n) is 4.80. The molecule has 0 unspecified atom stereocenters. The molecule has 0 aromatic heterocycles. The van der Waals surface area contributed by atoms with E-state index < -0.39 is 35.9 Å². The van der Waals surface area contributed by atoms with Gasteiger partial charge in [-0.1, -0.05) is 24.3 Å². The molecule has 3 amide bonds. The van der Waals surface area contributed by atoms with E-state index in [1.165, 1.54) is 18.2 Å². The van der Waals surface area contributed by atoms with Gasteiger partial charge in [0.05, 0.1) is 16.8 Å². The van der Waals surface area contributed by atoms with Crippen LogP contribution in [0.15, 0.2) is 66.7 Å². The first-order chi connectivity index (χ1) is 14.9. The SMILES string of the molecule is O=C(CN1C(=O)c2ccccc2C1=O)Nc1ccc(F)cc1C(=O)c1ccccc1I. The van der Waals surface area contributed by atoms with Crippen molar-refractivity contribution in [3.8, 4) is 0 Å². The van der Waals surface area contributed by atoms with Crippen molar-refractivity contribution in [3.05, 3.63) is 98.4 Å². The molecule has 0 bridgehead atoms. The maximum absolute atomic E-state index is 13.9. The van der Waals surface area contributed by atoms with Crippen LogP contribution in [-0.2, 0) is 4.79 Å². The van der Waals surface area contributed by atoms with Crippen molar-refractivity contribution in [1.82, 2.24) is 4.90 Å². The fraction of sp³-hybridized carbons (Fsp3) is 0.0435. The smallest absolute Gasteiger partial charge is 0.262 e. The molecular formula is C23H14FIN2O4. The van der Waals surface area contributed by atoms with Gasteiger partial charge in [0.2, 0.25) is 5.91 Å². The van der Waals surface area contributed by atoms with Crippen molar-refractivity contribution in [1.29, 1.82) is 0 Å². The predicted octanol–water partition coefficient (Wildman–Crippen LogP) is 3.90. The lowest BCUT2D eigenvalue weighted by Crippen LogP contribution is -2.37. The monoisotopic (exact) mass is 528 g/mol. The van der Waals surface area contributed by atoms with Crippen molar-refractivity contribution < 1.29 is 23.6 Å². The van der Waals surface area contributed by atoms with Gasteiger partial charge in [0, 0.05) is 14.7 Å². The third-order valence-corrected chi connectivity index (χ3v) is 5.74. The summed E-state index contributed by atoms with van der Waals surface area (Å²) in [5.74, 6) is -2.90. The number of rotatable bonds is 5. The molecular weight excluding hydrogens is 514 g/mol. The maximum atomic E-state index is 13.9. The number of hydrogen-bond acceptors (Lipinski definition) is 4. The second-order valence-corrected chi connectivity index (χ2v) is 7.95. The second-order valence-electron chi connectivity index (χ2n) is 6.79. The summed E-state index contributed by atoms with van der Waals surface area (Å²) in [5.41, 5.74) is 0.894. The van der Waals surface area contributed by atoms with Gasteiger partial charge in [-0.3, -0.25) is 24.1 Å². The van der Waals surface area contributed by atoms with Gasteiger partial charge < -0.3 is 5.32 Å². The second kappa shape index (κ2) is 8.38. The number of ketones is 1. The molecule has 4 rings (SSSR count). The molecule has 8 heteroatoms. The van der Waals surface area contributed by atoms with Crippen LogP contribution in [0.25, 0.3) is 0 Å². The Morgan fingerprint density at radius 3 is 2.13 bits per heavy atom. The van der Waals surface area contributed by atoms with E-state index in [0.29, 0.717) is 9.13 Å². The molecule has 3 aromatic rings. The maximum Gasteiger partial charge on any atom is 0.262 e. The molecule has 3 aromatic carbocycles. The van der Waals surface area contributed by atoms with E-state index in [1.807, 2.05) is 22.6 Å². The quantitative estimate of drug-likeness (QED) is 0.310. The van der Waals surface area contributed by atoms with Crippen LogP contribution < -0.4 is 5.32 Å². The van der Waals surface area contributed by atoms with Gasteiger partial charge in [-0.2, -0.15) is 0 Å². The fourth-order valence-electron chi connectivity index (χ4n) is 3.32. The lowest BCUT2D eigenvalue weighted by Gasteiger charge is -2.15. The van der Waals surface area contributed by atoms with E-state index in [1.54, 1.807) is 36.4 Å². The van der Waals surface area contributed by atoms with Crippen LogP contribution in [0.5, 0.6) is 0 Å². The number of carbonyl (C=O) groups excluding carboxylic acids is 4. The first kappa shape index (κ1) is 20.9. The molecule has 1 heterocycles. The Hall–Kier alpha value is -3.40. The molecule has 0 aliphatic carbocycles. The molecule has 0 spiro atoms. The normalized spacial score (nSPS) is 12.6. The molecule has 1 N–H and O–H groups in total. The summed E-state index contributed by atoms with van der Waals surface area (Å²) in [7, 11) is 0. The highest BCUT2D eigenvalue weighted by Gasteiger charge is 2.36. The van der Waals surface area contributed by atoms with Crippen molar-refractivity contribution in [2.24, 2.45) is 0 Å². The number of nitrogens with one attached hydrogen (secondary N) is 1. The summed E-state index contributed by atoms with van der Waals surface area (Å²) in [6.07, 6.45) is 0. The zero-order chi connectivity index (χ0) is 22.1. The third kappa shape index (κ3) is 3.98. The topological polar surface area (TPSA) is 83.6 Å². The molecule has 154 valence electrons. The number of imide groups is 1. The highest BCUT2D eigenvalue weighted by atomic mass is 127. The van der Waals surface area contributed by atoms with Crippen LogP contribution in [0.1, 0.15) is 36.6 Å². The lowest BCUT2D eigenvalue weighted by atomic mass is 10.0. The van der Waals surface area contributed by atoms with Gasteiger partial charge in [-0.15, -0.1) is 0 Å². The van der Waals surface area contributed by atoms with Gasteiger partial charge in [-0.05, 0) is 65.1 Å². The van der Waals surface area contributed by atoms with E-state index in [9.17, 15) is 23.6 Å². The zero-order valence-electron chi connectivity index (χ0n) is 15.9. The number of hydrogen-bond donors (Lipinski definition) is 1. The molecule has 0 fully saturated rings. The Balaban J connectivity index is 1.57. The Labute approximate surface area is 190 Å². The van der Waals surface area contributed by atoms with Crippen molar-refractivity contribution in [3.63, 3.8) is 0 Å². The van der Waals surface area contributed by atoms with Crippen LogP contribution in [0.3, 0.4) is 0 Å². The number of fused-ring (bicyclic) bond motifs is 1. The van der Waals surface area contributed by atoms with E-state index in [4.69, 9.17) is 0 Å². The van der Waals surface area contributed by atoms with Crippen LogP contribution in [0.2, 0.25) is 0 Å². The highest BCUT2D eigenvalue weighted by molar-refractivity contribution is 14.1.